The van der Waals surface area contributed by atoms with Crippen molar-refractivity contribution in [2.75, 3.05) is 17.8 Å². The van der Waals surface area contributed by atoms with Crippen molar-refractivity contribution in [3.05, 3.63) is 12.0 Å². The first-order valence-electron chi connectivity index (χ1n) is 5.22. The zero-order chi connectivity index (χ0) is 11.6. The molecular weight excluding hydrogens is 230 g/mol. The third-order valence-corrected chi connectivity index (χ3v) is 4.38. The third-order valence-electron chi connectivity index (χ3n) is 2.57. The Bertz CT molecular complexity index is 448. The molecule has 0 saturated carbocycles. The Kier molecular flexibility index (Phi) is 3.15. The van der Waals surface area contributed by atoms with Gasteiger partial charge in [-0.1, -0.05) is 0 Å². The molecule has 1 saturated heterocycles. The lowest BCUT2D eigenvalue weighted by molar-refractivity contribution is 0.497. The molecular formula is C9H15N3O3S. The normalized spacial score (nSPS) is 18.6. The Morgan fingerprint density at radius 2 is 2.19 bits per heavy atom. The van der Waals surface area contributed by atoms with Crippen LogP contribution in [0.25, 0.3) is 0 Å². The van der Waals surface area contributed by atoms with Crippen LogP contribution in [0.5, 0.6) is 0 Å². The molecule has 0 spiro atoms. The van der Waals surface area contributed by atoms with Crippen LogP contribution in [-0.4, -0.2) is 31.7 Å². The van der Waals surface area contributed by atoms with Gasteiger partial charge >= 0.3 is 6.01 Å². The summed E-state index contributed by atoms with van der Waals surface area (Å²) in [6, 6.07) is 0.0519. The lowest BCUT2D eigenvalue weighted by Crippen LogP contribution is -2.38. The lowest BCUT2D eigenvalue weighted by atomic mass is 10.2. The van der Waals surface area contributed by atoms with Gasteiger partial charge in [-0.25, -0.2) is 13.1 Å². The molecule has 2 rings (SSSR count). The van der Waals surface area contributed by atoms with Crippen molar-refractivity contribution in [2.24, 2.45) is 0 Å². The lowest BCUT2D eigenvalue weighted by Gasteiger charge is -2.22. The molecule has 0 unspecified atom stereocenters. The van der Waals surface area contributed by atoms with Gasteiger partial charge in [-0.05, 0) is 32.9 Å². The average molecular weight is 245 g/mol. The number of piperidine rings is 1. The average Bonchev–Trinajstić information content (AvgIpc) is 2.64. The molecule has 90 valence electrons. The molecule has 7 heteroatoms. The number of hydrogen-bond acceptors (Lipinski definition) is 5. The van der Waals surface area contributed by atoms with E-state index >= 15 is 0 Å². The summed E-state index contributed by atoms with van der Waals surface area (Å²) in [7, 11) is -3.37. The second-order valence-electron chi connectivity index (χ2n) is 3.89. The molecule has 1 aliphatic rings. The van der Waals surface area contributed by atoms with Gasteiger partial charge in [0, 0.05) is 0 Å². The van der Waals surface area contributed by atoms with Crippen LogP contribution in [-0.2, 0) is 10.0 Å². The van der Waals surface area contributed by atoms with Crippen molar-refractivity contribution >= 4 is 16.0 Å². The summed E-state index contributed by atoms with van der Waals surface area (Å²) in [4.78, 5) is 3.92. The number of nitrogens with zero attached hydrogens (tertiary/aromatic N) is 1. The van der Waals surface area contributed by atoms with Crippen LogP contribution in [0.4, 0.5) is 6.01 Å². The molecule has 0 atom stereocenters. The largest absolute Gasteiger partial charge is 0.431 e. The van der Waals surface area contributed by atoms with Crippen LogP contribution in [0.1, 0.15) is 18.5 Å². The van der Waals surface area contributed by atoms with E-state index in [1.807, 2.05) is 0 Å². The van der Waals surface area contributed by atoms with E-state index < -0.39 is 10.0 Å². The maximum Gasteiger partial charge on any atom is 0.308 e. The fourth-order valence-electron chi connectivity index (χ4n) is 1.71. The van der Waals surface area contributed by atoms with E-state index in [1.165, 1.54) is 6.26 Å². The Hall–Kier alpha value is -1.08. The van der Waals surface area contributed by atoms with E-state index in [-0.39, 0.29) is 11.3 Å². The number of anilines is 1. The van der Waals surface area contributed by atoms with Gasteiger partial charge in [0.05, 0.1) is 10.9 Å². The zero-order valence-corrected chi connectivity index (χ0v) is 9.88. The molecule has 0 radical (unpaired) electrons. The first kappa shape index (κ1) is 11.4. The predicted molar refractivity (Wildman–Crippen MR) is 59.7 cm³/mol. The molecule has 1 aromatic heterocycles. The standard InChI is InChI=1S/C9H15N3O3S/c1-7-6-15-9(11-7)12-16(13,14)8-2-4-10-5-3-8/h6,8,10H,2-5H2,1H3,(H,11,12). The highest BCUT2D eigenvalue weighted by Crippen LogP contribution is 2.17. The van der Waals surface area contributed by atoms with Crippen molar-refractivity contribution in [2.45, 2.75) is 25.0 Å². The minimum atomic E-state index is -3.37. The SMILES string of the molecule is Cc1coc(NS(=O)(=O)C2CCNCC2)n1. The highest BCUT2D eigenvalue weighted by molar-refractivity contribution is 7.93. The summed E-state index contributed by atoms with van der Waals surface area (Å²) in [6.07, 6.45) is 2.66. The maximum absolute atomic E-state index is 11.9. The summed E-state index contributed by atoms with van der Waals surface area (Å²) in [5.41, 5.74) is 0.656. The van der Waals surface area contributed by atoms with Gasteiger partial charge in [-0.3, -0.25) is 0 Å². The van der Waals surface area contributed by atoms with Crippen LogP contribution in [0.15, 0.2) is 10.7 Å². The molecule has 16 heavy (non-hydrogen) atoms. The predicted octanol–water partition coefficient (Wildman–Crippen LogP) is 0.477. The van der Waals surface area contributed by atoms with Crippen LogP contribution < -0.4 is 10.0 Å². The first-order chi connectivity index (χ1) is 7.58. The van der Waals surface area contributed by atoms with E-state index in [4.69, 9.17) is 4.42 Å². The number of hydrogen-bond donors (Lipinski definition) is 2. The maximum atomic E-state index is 11.9. The van der Waals surface area contributed by atoms with Gasteiger partial charge in [0.2, 0.25) is 10.0 Å². The molecule has 2 heterocycles. The number of rotatable bonds is 3. The number of aromatic nitrogens is 1. The quantitative estimate of drug-likeness (QED) is 0.809. The number of nitrogens with one attached hydrogen (secondary N) is 2. The molecule has 0 amide bonds. The molecule has 1 fully saturated rings. The second kappa shape index (κ2) is 4.42. The van der Waals surface area contributed by atoms with Crippen molar-refractivity contribution < 1.29 is 12.8 Å². The molecule has 0 aliphatic carbocycles. The van der Waals surface area contributed by atoms with Gasteiger partial charge in [0.25, 0.3) is 0 Å². The highest BCUT2D eigenvalue weighted by atomic mass is 32.2. The number of oxazole rings is 1. The van der Waals surface area contributed by atoms with Gasteiger partial charge in [-0.2, -0.15) is 4.98 Å². The van der Waals surface area contributed by atoms with Crippen molar-refractivity contribution in [1.82, 2.24) is 10.3 Å². The Labute approximate surface area is 94.5 Å². The molecule has 0 bridgehead atoms. The first-order valence-corrected chi connectivity index (χ1v) is 6.77. The van der Waals surface area contributed by atoms with E-state index in [1.54, 1.807) is 6.92 Å². The van der Waals surface area contributed by atoms with Gasteiger partial charge < -0.3 is 9.73 Å². The van der Waals surface area contributed by atoms with E-state index in [2.05, 4.69) is 15.0 Å². The molecule has 1 aromatic rings. The summed E-state index contributed by atoms with van der Waals surface area (Å²) in [6.45, 7) is 3.21. The molecule has 6 nitrogen and oxygen atoms in total. The van der Waals surface area contributed by atoms with E-state index in [9.17, 15) is 8.42 Å². The zero-order valence-electron chi connectivity index (χ0n) is 9.06. The number of aryl methyl sites for hydroxylation is 1. The third kappa shape index (κ3) is 2.53. The fraction of sp³-hybridized carbons (Fsp3) is 0.667. The smallest absolute Gasteiger partial charge is 0.308 e. The van der Waals surface area contributed by atoms with Crippen molar-refractivity contribution in [3.63, 3.8) is 0 Å². The van der Waals surface area contributed by atoms with Crippen LogP contribution in [0.3, 0.4) is 0 Å². The highest BCUT2D eigenvalue weighted by Gasteiger charge is 2.28. The molecule has 2 N–H and O–H groups in total. The fourth-order valence-corrected chi connectivity index (χ4v) is 3.07. The minimum Gasteiger partial charge on any atom is -0.431 e. The van der Waals surface area contributed by atoms with Crippen LogP contribution in [0.2, 0.25) is 0 Å². The summed E-state index contributed by atoms with van der Waals surface area (Å²) >= 11 is 0. The van der Waals surface area contributed by atoms with Gasteiger partial charge in [-0.15, -0.1) is 0 Å². The molecule has 0 aromatic carbocycles. The minimum absolute atomic E-state index is 0.0519. The Morgan fingerprint density at radius 1 is 1.50 bits per heavy atom. The van der Waals surface area contributed by atoms with Crippen molar-refractivity contribution in [3.8, 4) is 0 Å². The summed E-state index contributed by atoms with van der Waals surface area (Å²) < 4.78 is 31.2. The second-order valence-corrected chi connectivity index (χ2v) is 5.85. The Morgan fingerprint density at radius 3 is 2.75 bits per heavy atom. The van der Waals surface area contributed by atoms with Gasteiger partial charge in [0.1, 0.15) is 6.26 Å². The summed E-state index contributed by atoms with van der Waals surface area (Å²) in [5, 5.41) is 2.76. The van der Waals surface area contributed by atoms with Gasteiger partial charge in [0.15, 0.2) is 0 Å². The molecule has 1 aliphatic heterocycles. The Balaban J connectivity index is 2.07. The van der Waals surface area contributed by atoms with Crippen LogP contribution >= 0.6 is 0 Å². The number of sulfonamides is 1. The van der Waals surface area contributed by atoms with E-state index in [0.29, 0.717) is 18.5 Å². The summed E-state index contributed by atoms with van der Waals surface area (Å²) in [5.74, 6) is 0. The van der Waals surface area contributed by atoms with E-state index in [0.717, 1.165) is 13.1 Å². The van der Waals surface area contributed by atoms with Crippen LogP contribution in [0, 0.1) is 6.92 Å². The topological polar surface area (TPSA) is 84.2 Å². The van der Waals surface area contributed by atoms with Crippen molar-refractivity contribution in [1.29, 1.82) is 0 Å². The monoisotopic (exact) mass is 245 g/mol.